The van der Waals surface area contributed by atoms with Gasteiger partial charge in [0.25, 0.3) is 0 Å². The molecule has 0 aliphatic rings. The van der Waals surface area contributed by atoms with Gasteiger partial charge < -0.3 is 0 Å². The second-order valence-electron chi connectivity index (χ2n) is 1.55. The summed E-state index contributed by atoms with van der Waals surface area (Å²) >= 11 is 2.34. The van der Waals surface area contributed by atoms with Gasteiger partial charge in [-0.25, -0.2) is 0 Å². The number of esters is 1. The molecular weight excluding hydrogens is 185 g/mol. The van der Waals surface area contributed by atoms with E-state index in [1.165, 1.54) is 7.11 Å². The van der Waals surface area contributed by atoms with Crippen LogP contribution in [-0.4, -0.2) is 42.2 Å². The predicted molar refractivity (Wildman–Crippen MR) is 36.8 cm³/mol. The maximum atomic E-state index is 10.7. The van der Waals surface area contributed by atoms with Gasteiger partial charge in [-0.05, 0) is 0 Å². The van der Waals surface area contributed by atoms with Crippen LogP contribution in [-0.2, 0) is 9.53 Å². The van der Waals surface area contributed by atoms with Crippen molar-refractivity contribution in [1.29, 1.82) is 0 Å². The summed E-state index contributed by atoms with van der Waals surface area (Å²) in [5.41, 5.74) is 0. The van der Waals surface area contributed by atoms with Gasteiger partial charge >= 0.3 is 62.3 Å². The van der Waals surface area contributed by atoms with Crippen LogP contribution in [0.25, 0.3) is 0 Å². The zero-order valence-corrected chi connectivity index (χ0v) is 7.42. The first-order valence-corrected chi connectivity index (χ1v) is 3.95. The molecule has 1 N–H and O–H groups in total. The predicted octanol–water partition coefficient (Wildman–Crippen LogP) is -0.934. The number of nitrogens with one attached hydrogen (secondary N) is 1. The van der Waals surface area contributed by atoms with Crippen LogP contribution in [0.3, 0.4) is 0 Å². The van der Waals surface area contributed by atoms with E-state index in [1.807, 2.05) is 0 Å². The molecule has 0 bridgehead atoms. The summed E-state index contributed by atoms with van der Waals surface area (Å²) in [6.45, 7) is 0. The summed E-state index contributed by atoms with van der Waals surface area (Å²) in [5.74, 6) is -0.210. The fourth-order valence-corrected chi connectivity index (χ4v) is 1.12. The third-order valence-corrected chi connectivity index (χ3v) is 1.78. The molecule has 0 aromatic carbocycles. The van der Waals surface area contributed by atoms with Crippen LogP contribution in [0.4, 0.5) is 0 Å². The molecule has 0 rings (SSSR count). The first-order chi connectivity index (χ1) is 4.26. The Morgan fingerprint density at radius 1 is 1.89 bits per heavy atom. The number of likely N-dealkylation sites (N-methyl/N-ethyl adjacent to an activating group) is 1. The molecular formula is C5H11NO2Se. The van der Waals surface area contributed by atoms with Gasteiger partial charge in [0, 0.05) is 0 Å². The number of methoxy groups -OCH3 is 1. The first-order valence-electron chi connectivity index (χ1n) is 2.62. The molecule has 0 aliphatic heterocycles. The van der Waals surface area contributed by atoms with Crippen molar-refractivity contribution in [3.63, 3.8) is 0 Å². The van der Waals surface area contributed by atoms with Gasteiger partial charge in [-0.2, -0.15) is 0 Å². The summed E-state index contributed by atoms with van der Waals surface area (Å²) in [6, 6.07) is -0.171. The van der Waals surface area contributed by atoms with E-state index in [1.54, 1.807) is 7.05 Å². The molecule has 0 saturated carbocycles. The Labute approximate surface area is 63.0 Å². The fraction of sp³-hybridized carbons (Fsp3) is 0.800. The standard InChI is InChI=1S/C5H11NO2Se/c1-6-4(3-9)5(7)8-2/h4,6,9H,3H2,1-2H3/t4-/m0/s1. The summed E-state index contributed by atoms with van der Waals surface area (Å²) in [7, 11) is 3.12. The average molecular weight is 196 g/mol. The Kier molecular flexibility index (Phi) is 4.77. The summed E-state index contributed by atoms with van der Waals surface area (Å²) in [4.78, 5) is 10.7. The van der Waals surface area contributed by atoms with Gasteiger partial charge in [0.2, 0.25) is 0 Å². The van der Waals surface area contributed by atoms with Gasteiger partial charge in [-0.3, -0.25) is 0 Å². The molecule has 0 aromatic heterocycles. The molecule has 0 unspecified atom stereocenters. The van der Waals surface area contributed by atoms with Crippen LogP contribution < -0.4 is 5.32 Å². The number of carbonyl (C=O) groups is 1. The van der Waals surface area contributed by atoms with E-state index in [-0.39, 0.29) is 12.0 Å². The van der Waals surface area contributed by atoms with Crippen molar-refractivity contribution < 1.29 is 9.53 Å². The molecule has 9 heavy (non-hydrogen) atoms. The summed E-state index contributed by atoms with van der Waals surface area (Å²) in [6.07, 6.45) is 0. The number of carbonyl (C=O) groups excluding carboxylic acids is 1. The van der Waals surface area contributed by atoms with Gasteiger partial charge in [-0.15, -0.1) is 0 Å². The third kappa shape index (κ3) is 2.84. The van der Waals surface area contributed by atoms with Crippen molar-refractivity contribution in [3.05, 3.63) is 0 Å². The van der Waals surface area contributed by atoms with Crippen molar-refractivity contribution >= 4 is 22.0 Å². The van der Waals surface area contributed by atoms with Gasteiger partial charge in [-0.1, -0.05) is 0 Å². The maximum absolute atomic E-state index is 10.7. The van der Waals surface area contributed by atoms with Crippen molar-refractivity contribution in [1.82, 2.24) is 5.32 Å². The molecule has 0 aromatic rings. The Balaban J connectivity index is 3.64. The van der Waals surface area contributed by atoms with Gasteiger partial charge in [0.05, 0.1) is 0 Å². The topological polar surface area (TPSA) is 38.3 Å². The Hall–Kier alpha value is -0.0505. The number of rotatable bonds is 3. The van der Waals surface area contributed by atoms with Crippen LogP contribution in [0, 0.1) is 0 Å². The molecule has 0 radical (unpaired) electrons. The summed E-state index contributed by atoms with van der Waals surface area (Å²) in [5, 5.41) is 3.52. The first kappa shape index (κ1) is 8.95. The van der Waals surface area contributed by atoms with E-state index in [4.69, 9.17) is 0 Å². The van der Waals surface area contributed by atoms with Crippen molar-refractivity contribution in [2.75, 3.05) is 14.2 Å². The normalized spacial score (nSPS) is 12.8. The van der Waals surface area contributed by atoms with Gasteiger partial charge in [0.1, 0.15) is 0 Å². The minimum atomic E-state index is -0.210. The second-order valence-corrected chi connectivity index (χ2v) is 2.31. The van der Waals surface area contributed by atoms with Crippen LogP contribution in [0.5, 0.6) is 0 Å². The molecule has 0 heterocycles. The van der Waals surface area contributed by atoms with E-state index in [0.717, 1.165) is 0 Å². The quantitative estimate of drug-likeness (QED) is 0.468. The molecule has 0 aliphatic carbocycles. The van der Waals surface area contributed by atoms with Crippen LogP contribution in [0.15, 0.2) is 0 Å². The van der Waals surface area contributed by atoms with E-state index in [2.05, 4.69) is 26.1 Å². The molecule has 4 heteroatoms. The Bertz CT molecular complexity index is 93.0. The van der Waals surface area contributed by atoms with E-state index in [0.29, 0.717) is 5.32 Å². The van der Waals surface area contributed by atoms with Crippen molar-refractivity contribution in [2.45, 2.75) is 11.4 Å². The Morgan fingerprint density at radius 3 is 2.56 bits per heavy atom. The van der Waals surface area contributed by atoms with Crippen molar-refractivity contribution in [3.8, 4) is 0 Å². The Morgan fingerprint density at radius 2 is 2.44 bits per heavy atom. The molecule has 0 amide bonds. The van der Waals surface area contributed by atoms with E-state index < -0.39 is 0 Å². The molecule has 0 saturated heterocycles. The van der Waals surface area contributed by atoms with Crippen molar-refractivity contribution in [2.24, 2.45) is 0 Å². The number of hydrogen-bond donors (Lipinski definition) is 1. The van der Waals surface area contributed by atoms with Gasteiger partial charge in [0.15, 0.2) is 0 Å². The second kappa shape index (κ2) is 4.79. The minimum absolute atomic E-state index is 0.171. The van der Waals surface area contributed by atoms with Crippen LogP contribution in [0.1, 0.15) is 0 Å². The zero-order valence-electron chi connectivity index (χ0n) is 5.55. The molecule has 54 valence electrons. The monoisotopic (exact) mass is 197 g/mol. The number of hydrogen-bond acceptors (Lipinski definition) is 3. The summed E-state index contributed by atoms with van der Waals surface area (Å²) < 4.78 is 4.48. The molecule has 0 spiro atoms. The van der Waals surface area contributed by atoms with Crippen LogP contribution in [0.2, 0.25) is 5.32 Å². The average Bonchev–Trinajstić information content (AvgIpc) is 1.90. The zero-order chi connectivity index (χ0) is 7.28. The SMILES string of the molecule is CN[C@@H](C[SeH])C(=O)OC. The molecule has 3 nitrogen and oxygen atoms in total. The molecule has 1 atom stereocenters. The van der Waals surface area contributed by atoms with Crippen LogP contribution >= 0.6 is 0 Å². The number of ether oxygens (including phenoxy) is 1. The molecule has 0 fully saturated rings. The van der Waals surface area contributed by atoms with E-state index >= 15 is 0 Å². The fourth-order valence-electron chi connectivity index (χ4n) is 0.426. The third-order valence-electron chi connectivity index (χ3n) is 1.02. The van der Waals surface area contributed by atoms with E-state index in [9.17, 15) is 4.79 Å².